The van der Waals surface area contributed by atoms with Gasteiger partial charge in [-0.25, -0.2) is 0 Å². The Bertz CT molecular complexity index is 814. The van der Waals surface area contributed by atoms with Gasteiger partial charge in [0.05, 0.1) is 37.1 Å². The van der Waals surface area contributed by atoms with Gasteiger partial charge in [-0.05, 0) is 31.7 Å². The molecule has 3 unspecified atom stereocenters. The van der Waals surface area contributed by atoms with Gasteiger partial charge in [0.15, 0.2) is 0 Å². The zero-order valence-electron chi connectivity index (χ0n) is 20.6. The van der Waals surface area contributed by atoms with Gasteiger partial charge < -0.3 is 34.3 Å². The van der Waals surface area contributed by atoms with E-state index in [1.165, 1.54) is 0 Å². The zero-order chi connectivity index (χ0) is 23.6. The maximum absolute atomic E-state index is 13.0. The molecule has 6 fully saturated rings. The molecule has 8 nitrogen and oxygen atoms in total. The summed E-state index contributed by atoms with van der Waals surface area (Å²) >= 11 is 0. The molecule has 33 heavy (non-hydrogen) atoms. The molecule has 6 aliphatic rings. The molecular formula is C25H41NO7. The van der Waals surface area contributed by atoms with Gasteiger partial charge in [0.2, 0.25) is 0 Å². The van der Waals surface area contributed by atoms with Crippen molar-refractivity contribution in [2.75, 3.05) is 48.1 Å². The lowest BCUT2D eigenvalue weighted by Crippen LogP contribution is -2.82. The standard InChI is InChI=1S/C25H41NO7/c1-6-26-11-22(12-27)8-7-16(31-3)24-14-9-13-15(30-2)10-23(28,17(14)18(13)32-4)25(29,21(24)26)20(33-5)19(22)24/h13-21,27-29H,6-12H2,1-5H3/t13-,14-,15+,16+,17-,18+,19-,20+,21?,22+,23-,24?,25?/m1/s1. The fraction of sp³-hybridized carbons (Fsp3) is 1.00. The summed E-state index contributed by atoms with van der Waals surface area (Å²) in [6, 6.07) is -0.312. The van der Waals surface area contributed by atoms with Crippen LogP contribution >= 0.6 is 0 Å². The second-order valence-electron chi connectivity index (χ2n) is 11.8. The lowest BCUT2D eigenvalue weighted by atomic mass is 9.42. The molecular weight excluding hydrogens is 426 g/mol. The Morgan fingerprint density at radius 1 is 1.03 bits per heavy atom. The van der Waals surface area contributed by atoms with Crippen LogP contribution in [0.25, 0.3) is 0 Å². The first-order chi connectivity index (χ1) is 15.8. The van der Waals surface area contributed by atoms with E-state index in [1.807, 2.05) is 0 Å². The molecule has 0 amide bonds. The molecule has 1 saturated heterocycles. The van der Waals surface area contributed by atoms with Crippen molar-refractivity contribution in [3.63, 3.8) is 0 Å². The van der Waals surface area contributed by atoms with Crippen LogP contribution in [0.3, 0.4) is 0 Å². The molecule has 0 aromatic rings. The van der Waals surface area contributed by atoms with Gasteiger partial charge in [-0.15, -0.1) is 0 Å². The molecule has 3 N–H and O–H groups in total. The Labute approximate surface area is 196 Å². The molecule has 1 aliphatic heterocycles. The number of hydrogen-bond acceptors (Lipinski definition) is 8. The first-order valence-electron chi connectivity index (χ1n) is 12.7. The van der Waals surface area contributed by atoms with Crippen molar-refractivity contribution in [3.8, 4) is 0 Å². The zero-order valence-corrected chi connectivity index (χ0v) is 20.6. The van der Waals surface area contributed by atoms with E-state index in [0.717, 1.165) is 25.8 Å². The molecule has 5 aliphatic carbocycles. The number of rotatable bonds is 6. The summed E-state index contributed by atoms with van der Waals surface area (Å²) in [5.74, 6) is -0.0916. The highest BCUT2D eigenvalue weighted by atomic mass is 16.5. The molecule has 1 spiro atoms. The van der Waals surface area contributed by atoms with Crippen molar-refractivity contribution in [2.45, 2.75) is 74.3 Å². The number of aliphatic hydroxyl groups is 3. The Morgan fingerprint density at radius 3 is 2.36 bits per heavy atom. The molecule has 6 rings (SSSR count). The fourth-order valence-electron chi connectivity index (χ4n) is 11.0. The summed E-state index contributed by atoms with van der Waals surface area (Å²) in [4.78, 5) is 2.33. The van der Waals surface area contributed by atoms with E-state index in [-0.39, 0.29) is 54.6 Å². The van der Waals surface area contributed by atoms with Gasteiger partial charge in [0, 0.05) is 70.0 Å². The molecule has 1 heterocycles. The van der Waals surface area contributed by atoms with Crippen LogP contribution in [-0.2, 0) is 18.9 Å². The number of aliphatic hydroxyl groups excluding tert-OH is 1. The number of likely N-dealkylation sites (tertiary alicyclic amines) is 1. The number of fused-ring (bicyclic) bond motifs is 2. The summed E-state index contributed by atoms with van der Waals surface area (Å²) in [5, 5.41) is 36.6. The van der Waals surface area contributed by atoms with Crippen LogP contribution in [-0.4, -0.2) is 110 Å². The van der Waals surface area contributed by atoms with Crippen LogP contribution in [0.1, 0.15) is 32.6 Å². The third-order valence-corrected chi connectivity index (χ3v) is 11.6. The average Bonchev–Trinajstić information content (AvgIpc) is 3.24. The van der Waals surface area contributed by atoms with E-state index in [2.05, 4.69) is 11.8 Å². The van der Waals surface area contributed by atoms with Crippen LogP contribution in [0.2, 0.25) is 0 Å². The van der Waals surface area contributed by atoms with E-state index in [9.17, 15) is 15.3 Å². The van der Waals surface area contributed by atoms with Gasteiger partial charge >= 0.3 is 0 Å². The Kier molecular flexibility index (Phi) is 4.99. The Morgan fingerprint density at radius 2 is 1.79 bits per heavy atom. The van der Waals surface area contributed by atoms with Crippen molar-refractivity contribution in [1.29, 1.82) is 0 Å². The molecule has 5 saturated carbocycles. The van der Waals surface area contributed by atoms with Gasteiger partial charge in [-0.3, -0.25) is 4.90 Å². The normalized spacial score (nSPS) is 60.9. The first kappa shape index (κ1) is 23.1. The third kappa shape index (κ3) is 2.16. The Hall–Kier alpha value is -0.320. The fourth-order valence-corrected chi connectivity index (χ4v) is 11.0. The topological polar surface area (TPSA) is 101 Å². The quantitative estimate of drug-likeness (QED) is 0.512. The van der Waals surface area contributed by atoms with E-state index < -0.39 is 28.1 Å². The summed E-state index contributed by atoms with van der Waals surface area (Å²) in [6.07, 6.45) is 1.81. The largest absolute Gasteiger partial charge is 0.396 e. The van der Waals surface area contributed by atoms with Crippen molar-refractivity contribution in [1.82, 2.24) is 4.90 Å². The molecule has 0 aromatic carbocycles. The number of hydrogen-bond donors (Lipinski definition) is 3. The highest BCUT2D eigenvalue weighted by molar-refractivity contribution is 5.41. The number of methoxy groups -OCH3 is 4. The third-order valence-electron chi connectivity index (χ3n) is 11.6. The van der Waals surface area contributed by atoms with E-state index in [0.29, 0.717) is 13.0 Å². The number of nitrogens with zero attached hydrogens (tertiary/aromatic N) is 1. The van der Waals surface area contributed by atoms with Crippen molar-refractivity contribution in [2.24, 2.45) is 34.5 Å². The van der Waals surface area contributed by atoms with Crippen LogP contribution in [0.5, 0.6) is 0 Å². The molecule has 0 radical (unpaired) electrons. The lowest BCUT2D eigenvalue weighted by molar-refractivity contribution is -0.320. The molecule has 7 bridgehead atoms. The van der Waals surface area contributed by atoms with E-state index in [4.69, 9.17) is 18.9 Å². The minimum absolute atomic E-state index is 0.0443. The average molecular weight is 468 g/mol. The summed E-state index contributed by atoms with van der Waals surface area (Å²) in [6.45, 7) is 3.59. The molecule has 0 aromatic heterocycles. The van der Waals surface area contributed by atoms with Crippen molar-refractivity contribution in [3.05, 3.63) is 0 Å². The second-order valence-corrected chi connectivity index (χ2v) is 11.8. The summed E-state index contributed by atoms with van der Waals surface area (Å²) < 4.78 is 24.5. The molecule has 8 heteroatoms. The summed E-state index contributed by atoms with van der Waals surface area (Å²) in [7, 11) is 6.85. The maximum atomic E-state index is 13.0. The van der Waals surface area contributed by atoms with Crippen LogP contribution in [0.4, 0.5) is 0 Å². The smallest absolute Gasteiger partial charge is 0.136 e. The number of likely N-dealkylation sites (N-methyl/N-ethyl adjacent to an activating group) is 1. The monoisotopic (exact) mass is 467 g/mol. The predicted molar refractivity (Wildman–Crippen MR) is 119 cm³/mol. The van der Waals surface area contributed by atoms with E-state index >= 15 is 0 Å². The minimum Gasteiger partial charge on any atom is -0.396 e. The maximum Gasteiger partial charge on any atom is 0.136 e. The van der Waals surface area contributed by atoms with Gasteiger partial charge in [-0.1, -0.05) is 6.92 Å². The summed E-state index contributed by atoms with van der Waals surface area (Å²) in [5.41, 5.74) is -3.78. The van der Waals surface area contributed by atoms with Crippen LogP contribution in [0.15, 0.2) is 0 Å². The first-order valence-corrected chi connectivity index (χ1v) is 12.7. The van der Waals surface area contributed by atoms with Crippen molar-refractivity contribution >= 4 is 0 Å². The van der Waals surface area contributed by atoms with Gasteiger partial charge in [-0.2, -0.15) is 0 Å². The highest BCUT2D eigenvalue weighted by Crippen LogP contribution is 2.80. The lowest BCUT2D eigenvalue weighted by Gasteiger charge is -2.70. The second kappa shape index (κ2) is 7.13. The number of ether oxygens (including phenoxy) is 4. The molecule has 188 valence electrons. The minimum atomic E-state index is -1.52. The van der Waals surface area contributed by atoms with Crippen LogP contribution in [0, 0.1) is 34.5 Å². The van der Waals surface area contributed by atoms with Crippen LogP contribution < -0.4 is 0 Å². The highest BCUT2D eigenvalue weighted by Gasteiger charge is 2.91. The Balaban J connectivity index is 1.68. The van der Waals surface area contributed by atoms with E-state index in [1.54, 1.807) is 28.4 Å². The molecule has 13 atom stereocenters. The predicted octanol–water partition coefficient (Wildman–Crippen LogP) is 0.271. The van der Waals surface area contributed by atoms with Gasteiger partial charge in [0.25, 0.3) is 0 Å². The number of piperidine rings is 1. The van der Waals surface area contributed by atoms with Gasteiger partial charge in [0.1, 0.15) is 11.2 Å². The van der Waals surface area contributed by atoms with Crippen molar-refractivity contribution < 1.29 is 34.3 Å². The SMILES string of the molecule is CCN1C[C@]2(CO)CC[C@H](OC)C34C1C(O)([C@@H](OC)[C@@H]32)[C@@]1(O)C[C@H](OC)[C@H]2C[C@@H]4[C@@H]1[C@H]2OC.